The van der Waals surface area contributed by atoms with Crippen LogP contribution < -0.4 is 10.1 Å². The number of hydrogen-bond acceptors (Lipinski definition) is 5. The first-order valence-corrected chi connectivity index (χ1v) is 13.2. The van der Waals surface area contributed by atoms with Crippen LogP contribution in [0, 0.1) is 25.7 Å². The number of amides is 1. The zero-order valence-electron chi connectivity index (χ0n) is 22.2. The summed E-state index contributed by atoms with van der Waals surface area (Å²) in [5.74, 6) is 2.49. The van der Waals surface area contributed by atoms with Gasteiger partial charge in [-0.3, -0.25) is 15.1 Å². The summed E-state index contributed by atoms with van der Waals surface area (Å²) in [5.41, 5.74) is 6.92. The van der Waals surface area contributed by atoms with Crippen molar-refractivity contribution in [2.75, 3.05) is 11.9 Å². The maximum atomic E-state index is 13.6. The molecule has 0 unspecified atom stereocenters. The molecule has 37 heavy (non-hydrogen) atoms. The van der Waals surface area contributed by atoms with Crippen molar-refractivity contribution >= 4 is 22.9 Å². The molecule has 8 heteroatoms. The van der Waals surface area contributed by atoms with Gasteiger partial charge in [0.05, 0.1) is 34.6 Å². The zero-order chi connectivity index (χ0) is 25.8. The minimum absolute atomic E-state index is 0.199. The molecular weight excluding hydrogens is 464 g/mol. The SMILES string of the molecule is Cc1cc2cc(n1)-c1c(C)nn(C)c1OC[C@H]1CC[C@H](C1)Cn1c(nc3ccc(C(C)C)cc31)NC2=O. The zero-order valence-corrected chi connectivity index (χ0v) is 22.2. The highest BCUT2D eigenvalue weighted by Gasteiger charge is 2.29. The van der Waals surface area contributed by atoms with Gasteiger partial charge in [-0.2, -0.15) is 5.10 Å². The fourth-order valence-corrected chi connectivity index (χ4v) is 5.93. The number of nitrogens with zero attached hydrogens (tertiary/aromatic N) is 5. The summed E-state index contributed by atoms with van der Waals surface area (Å²) < 4.78 is 10.4. The van der Waals surface area contributed by atoms with E-state index in [1.165, 1.54) is 5.56 Å². The Morgan fingerprint density at radius 1 is 1.08 bits per heavy atom. The fourth-order valence-electron chi connectivity index (χ4n) is 5.93. The van der Waals surface area contributed by atoms with E-state index in [-0.39, 0.29) is 5.91 Å². The molecule has 2 aliphatic rings. The summed E-state index contributed by atoms with van der Waals surface area (Å²) in [4.78, 5) is 23.2. The molecule has 4 aromatic rings. The van der Waals surface area contributed by atoms with Crippen molar-refractivity contribution in [3.8, 4) is 17.1 Å². The van der Waals surface area contributed by atoms with Crippen LogP contribution in [0.15, 0.2) is 30.3 Å². The number of pyridine rings is 1. The van der Waals surface area contributed by atoms with E-state index in [4.69, 9.17) is 14.7 Å². The van der Waals surface area contributed by atoms with Gasteiger partial charge < -0.3 is 9.30 Å². The second-order valence-electron chi connectivity index (χ2n) is 11.0. The van der Waals surface area contributed by atoms with Crippen molar-refractivity contribution in [2.24, 2.45) is 18.9 Å². The standard InChI is InChI=1S/C29H34N6O2/c1-16(2)21-8-9-23-25(13-21)35-14-19-6-7-20(11-19)15-37-28-26(18(4)33-34(28)5)24-12-22(10-17(3)30-24)27(36)32-29(35)31-23/h8-10,12-13,16,19-20H,6-7,11,14-15H2,1-5H3,(H,31,32,36)/t19-,20+/m1/s1. The molecule has 4 heterocycles. The average Bonchev–Trinajstić information content (AvgIpc) is 3.52. The van der Waals surface area contributed by atoms with Gasteiger partial charge in [-0.25, -0.2) is 9.67 Å². The van der Waals surface area contributed by atoms with Crippen molar-refractivity contribution in [2.45, 2.75) is 59.4 Å². The predicted molar refractivity (Wildman–Crippen MR) is 144 cm³/mol. The molecule has 6 rings (SSSR count). The lowest BCUT2D eigenvalue weighted by Crippen LogP contribution is -2.18. The van der Waals surface area contributed by atoms with E-state index in [0.29, 0.717) is 47.4 Å². The summed E-state index contributed by atoms with van der Waals surface area (Å²) in [7, 11) is 1.90. The number of aryl methyl sites for hydroxylation is 3. The van der Waals surface area contributed by atoms with Crippen LogP contribution in [0.25, 0.3) is 22.3 Å². The van der Waals surface area contributed by atoms with E-state index >= 15 is 0 Å². The Balaban J connectivity index is 1.49. The average molecular weight is 499 g/mol. The van der Waals surface area contributed by atoms with Crippen molar-refractivity contribution in [3.63, 3.8) is 0 Å². The lowest BCUT2D eigenvalue weighted by atomic mass is 10.0. The third kappa shape index (κ3) is 4.28. The van der Waals surface area contributed by atoms with Gasteiger partial charge in [0.1, 0.15) is 0 Å². The first-order valence-electron chi connectivity index (χ1n) is 13.2. The van der Waals surface area contributed by atoms with Crippen LogP contribution >= 0.6 is 0 Å². The highest BCUT2D eigenvalue weighted by atomic mass is 16.5. The third-order valence-electron chi connectivity index (χ3n) is 7.85. The van der Waals surface area contributed by atoms with E-state index in [0.717, 1.165) is 53.8 Å². The van der Waals surface area contributed by atoms with Crippen LogP contribution in [0.1, 0.15) is 66.3 Å². The summed E-state index contributed by atoms with van der Waals surface area (Å²) in [6.07, 6.45) is 3.32. The van der Waals surface area contributed by atoms with Crippen LogP contribution in [0.2, 0.25) is 0 Å². The monoisotopic (exact) mass is 498 g/mol. The normalized spacial score (nSPS) is 19.7. The van der Waals surface area contributed by atoms with Gasteiger partial charge in [0.15, 0.2) is 0 Å². The van der Waals surface area contributed by atoms with Crippen LogP contribution in [0.5, 0.6) is 5.88 Å². The van der Waals surface area contributed by atoms with Crippen LogP contribution in [-0.4, -0.2) is 36.8 Å². The Bertz CT molecular complexity index is 1510. The maximum absolute atomic E-state index is 13.6. The number of ether oxygens (including phenoxy) is 1. The second-order valence-corrected chi connectivity index (χ2v) is 11.0. The quantitative estimate of drug-likeness (QED) is 0.367. The molecule has 8 nitrogen and oxygen atoms in total. The largest absolute Gasteiger partial charge is 0.477 e. The number of carbonyl (C=O) groups excluding carboxylic acids is 1. The topological polar surface area (TPSA) is 86.9 Å². The van der Waals surface area contributed by atoms with Crippen LogP contribution in [0.3, 0.4) is 0 Å². The molecule has 1 N–H and O–H groups in total. The number of fused-ring (bicyclic) bond motifs is 9. The van der Waals surface area contributed by atoms with E-state index < -0.39 is 0 Å². The number of rotatable bonds is 1. The molecular formula is C29H34N6O2. The van der Waals surface area contributed by atoms with E-state index in [9.17, 15) is 4.79 Å². The summed E-state index contributed by atoms with van der Waals surface area (Å²) in [6, 6.07) is 10.1. The molecule has 3 aromatic heterocycles. The van der Waals surface area contributed by atoms with E-state index in [2.05, 4.69) is 47.0 Å². The predicted octanol–water partition coefficient (Wildman–Crippen LogP) is 5.63. The number of aromatic nitrogens is 5. The highest BCUT2D eigenvalue weighted by Crippen LogP contribution is 2.37. The lowest BCUT2D eigenvalue weighted by molar-refractivity contribution is 0.102. The van der Waals surface area contributed by atoms with Gasteiger partial charge >= 0.3 is 0 Å². The van der Waals surface area contributed by atoms with Gasteiger partial charge in [0.2, 0.25) is 11.8 Å². The number of carbonyl (C=O) groups is 1. The van der Waals surface area contributed by atoms with Crippen molar-refractivity contribution < 1.29 is 9.53 Å². The minimum atomic E-state index is -0.199. The van der Waals surface area contributed by atoms with Gasteiger partial charge in [0, 0.05) is 24.8 Å². The Labute approximate surface area is 217 Å². The number of benzene rings is 1. The Kier molecular flexibility index (Phi) is 5.77. The van der Waals surface area contributed by atoms with Gasteiger partial charge in [-0.15, -0.1) is 0 Å². The lowest BCUT2D eigenvalue weighted by Gasteiger charge is -2.16. The van der Waals surface area contributed by atoms with E-state index in [1.807, 2.05) is 33.0 Å². The first-order chi connectivity index (χ1) is 17.8. The second kappa shape index (κ2) is 9.01. The van der Waals surface area contributed by atoms with Crippen molar-refractivity contribution in [3.05, 3.63) is 52.8 Å². The summed E-state index contributed by atoms with van der Waals surface area (Å²) in [6.45, 7) is 9.73. The molecule has 1 aliphatic heterocycles. The highest BCUT2D eigenvalue weighted by molar-refractivity contribution is 6.05. The molecule has 1 saturated carbocycles. The third-order valence-corrected chi connectivity index (χ3v) is 7.85. The number of nitrogens with one attached hydrogen (secondary N) is 1. The molecule has 2 atom stereocenters. The number of imidazole rings is 1. The van der Waals surface area contributed by atoms with Crippen molar-refractivity contribution in [1.82, 2.24) is 24.3 Å². The fraction of sp³-hybridized carbons (Fsp3) is 0.448. The van der Waals surface area contributed by atoms with Crippen molar-refractivity contribution in [1.29, 1.82) is 0 Å². The maximum Gasteiger partial charge on any atom is 0.258 e. The molecule has 0 radical (unpaired) electrons. The first kappa shape index (κ1) is 23.7. The van der Waals surface area contributed by atoms with Gasteiger partial charge in [-0.05, 0) is 80.7 Å². The molecule has 0 saturated heterocycles. The van der Waals surface area contributed by atoms with Crippen LogP contribution in [-0.2, 0) is 13.6 Å². The summed E-state index contributed by atoms with van der Waals surface area (Å²) in [5, 5.41) is 7.75. The number of hydrogen-bond donors (Lipinski definition) is 1. The minimum Gasteiger partial charge on any atom is -0.477 e. The molecule has 4 bridgehead atoms. The summed E-state index contributed by atoms with van der Waals surface area (Å²) >= 11 is 0. The van der Waals surface area contributed by atoms with Crippen LogP contribution in [0.4, 0.5) is 5.95 Å². The molecule has 0 spiro atoms. The molecule has 1 amide bonds. The molecule has 1 aromatic carbocycles. The Morgan fingerprint density at radius 3 is 2.70 bits per heavy atom. The molecule has 1 fully saturated rings. The molecule has 1 aliphatic carbocycles. The van der Waals surface area contributed by atoms with E-state index in [1.54, 1.807) is 4.68 Å². The molecule has 192 valence electrons. The van der Waals surface area contributed by atoms with Gasteiger partial charge in [-0.1, -0.05) is 19.9 Å². The smallest absolute Gasteiger partial charge is 0.258 e. The Morgan fingerprint density at radius 2 is 1.89 bits per heavy atom. The Hall–Kier alpha value is -3.68. The number of anilines is 1. The van der Waals surface area contributed by atoms with Gasteiger partial charge in [0.25, 0.3) is 5.91 Å².